The molecular formula is C13H12ClN3O. The van der Waals surface area contributed by atoms with Crippen molar-refractivity contribution in [3.63, 3.8) is 0 Å². The predicted octanol–water partition coefficient (Wildman–Crippen LogP) is 2.51. The molecule has 2 aromatic rings. The Balaban J connectivity index is 2.57. The highest BCUT2D eigenvalue weighted by Crippen LogP contribution is 2.24. The number of primary amides is 1. The molecule has 0 aliphatic carbocycles. The zero-order valence-corrected chi connectivity index (χ0v) is 10.8. The SMILES string of the molecule is Cc1cc(-c2cnc(Cl)c(C(N)=O)c2)cc(C)n1. The maximum atomic E-state index is 11.2. The van der Waals surface area contributed by atoms with Crippen molar-refractivity contribution in [2.45, 2.75) is 13.8 Å². The first kappa shape index (κ1) is 12.5. The van der Waals surface area contributed by atoms with E-state index in [0.717, 1.165) is 22.5 Å². The van der Waals surface area contributed by atoms with E-state index in [-0.39, 0.29) is 10.7 Å². The Kier molecular flexibility index (Phi) is 3.30. The maximum absolute atomic E-state index is 11.2. The molecule has 4 nitrogen and oxygen atoms in total. The van der Waals surface area contributed by atoms with Crippen LogP contribution in [0.1, 0.15) is 21.7 Å². The molecule has 0 unspecified atom stereocenters. The summed E-state index contributed by atoms with van der Waals surface area (Å²) in [5.41, 5.74) is 9.01. The van der Waals surface area contributed by atoms with Gasteiger partial charge in [-0.05, 0) is 37.6 Å². The van der Waals surface area contributed by atoms with Crippen LogP contribution in [0.3, 0.4) is 0 Å². The molecule has 0 bridgehead atoms. The van der Waals surface area contributed by atoms with Gasteiger partial charge in [-0.1, -0.05) is 11.6 Å². The van der Waals surface area contributed by atoms with Crippen LogP contribution in [-0.2, 0) is 0 Å². The molecule has 18 heavy (non-hydrogen) atoms. The summed E-state index contributed by atoms with van der Waals surface area (Å²) in [6.45, 7) is 3.82. The van der Waals surface area contributed by atoms with Crippen molar-refractivity contribution in [2.24, 2.45) is 5.73 Å². The van der Waals surface area contributed by atoms with Crippen LogP contribution in [-0.4, -0.2) is 15.9 Å². The van der Waals surface area contributed by atoms with Gasteiger partial charge in [0, 0.05) is 23.1 Å². The third-order valence-corrected chi connectivity index (χ3v) is 2.82. The van der Waals surface area contributed by atoms with Crippen LogP contribution < -0.4 is 5.73 Å². The summed E-state index contributed by atoms with van der Waals surface area (Å²) in [5, 5.41) is 0.119. The number of pyridine rings is 2. The molecule has 0 radical (unpaired) electrons. The fourth-order valence-corrected chi connectivity index (χ4v) is 1.98. The second-order valence-corrected chi connectivity index (χ2v) is 4.42. The lowest BCUT2D eigenvalue weighted by atomic mass is 10.1. The van der Waals surface area contributed by atoms with Gasteiger partial charge in [0.25, 0.3) is 5.91 Å². The Morgan fingerprint density at radius 1 is 1.17 bits per heavy atom. The van der Waals surface area contributed by atoms with E-state index in [4.69, 9.17) is 17.3 Å². The summed E-state index contributed by atoms with van der Waals surface area (Å²) in [4.78, 5) is 19.5. The normalized spacial score (nSPS) is 10.4. The molecule has 0 atom stereocenters. The smallest absolute Gasteiger partial charge is 0.251 e. The van der Waals surface area contributed by atoms with Crippen LogP contribution in [0.15, 0.2) is 24.4 Å². The van der Waals surface area contributed by atoms with Gasteiger partial charge in [0.2, 0.25) is 0 Å². The van der Waals surface area contributed by atoms with E-state index >= 15 is 0 Å². The van der Waals surface area contributed by atoms with Gasteiger partial charge >= 0.3 is 0 Å². The van der Waals surface area contributed by atoms with Crippen molar-refractivity contribution >= 4 is 17.5 Å². The Hall–Kier alpha value is -1.94. The Morgan fingerprint density at radius 3 is 2.33 bits per heavy atom. The number of aromatic nitrogens is 2. The van der Waals surface area contributed by atoms with Crippen LogP contribution in [0.5, 0.6) is 0 Å². The summed E-state index contributed by atoms with van der Waals surface area (Å²) >= 11 is 5.82. The van der Waals surface area contributed by atoms with Crippen LogP contribution >= 0.6 is 11.6 Å². The minimum atomic E-state index is -0.586. The average molecular weight is 262 g/mol. The summed E-state index contributed by atoms with van der Waals surface area (Å²) in [6, 6.07) is 5.48. The molecule has 0 spiro atoms. The maximum Gasteiger partial charge on any atom is 0.251 e. The van der Waals surface area contributed by atoms with Crippen molar-refractivity contribution in [3.8, 4) is 11.1 Å². The van der Waals surface area contributed by atoms with Crippen LogP contribution in [0.25, 0.3) is 11.1 Å². The first-order valence-corrected chi connectivity index (χ1v) is 5.76. The molecule has 2 heterocycles. The number of carbonyl (C=O) groups excluding carboxylic acids is 1. The number of hydrogen-bond donors (Lipinski definition) is 1. The first-order chi connectivity index (χ1) is 8.47. The quantitative estimate of drug-likeness (QED) is 0.845. The molecule has 1 amide bonds. The molecular weight excluding hydrogens is 250 g/mol. The number of hydrogen-bond acceptors (Lipinski definition) is 3. The topological polar surface area (TPSA) is 68.9 Å². The molecule has 0 saturated heterocycles. The lowest BCUT2D eigenvalue weighted by Gasteiger charge is -2.06. The van der Waals surface area contributed by atoms with E-state index in [9.17, 15) is 4.79 Å². The van der Waals surface area contributed by atoms with Crippen LogP contribution in [0.2, 0.25) is 5.15 Å². The monoisotopic (exact) mass is 261 g/mol. The third kappa shape index (κ3) is 2.49. The van der Waals surface area contributed by atoms with Gasteiger partial charge in [0.1, 0.15) is 5.15 Å². The number of rotatable bonds is 2. The van der Waals surface area contributed by atoms with Gasteiger partial charge in [-0.25, -0.2) is 4.98 Å². The highest BCUT2D eigenvalue weighted by Gasteiger charge is 2.10. The van der Waals surface area contributed by atoms with Gasteiger partial charge in [0.15, 0.2) is 0 Å². The van der Waals surface area contributed by atoms with Crippen molar-refractivity contribution in [1.29, 1.82) is 0 Å². The predicted molar refractivity (Wildman–Crippen MR) is 70.5 cm³/mol. The minimum Gasteiger partial charge on any atom is -0.366 e. The van der Waals surface area contributed by atoms with E-state index < -0.39 is 5.91 Å². The molecule has 2 rings (SSSR count). The van der Waals surface area contributed by atoms with Gasteiger partial charge in [-0.2, -0.15) is 0 Å². The zero-order valence-electron chi connectivity index (χ0n) is 10.1. The van der Waals surface area contributed by atoms with E-state index in [1.807, 2.05) is 26.0 Å². The van der Waals surface area contributed by atoms with Gasteiger partial charge in [0.05, 0.1) is 5.56 Å². The molecule has 5 heteroatoms. The Bertz CT molecular complexity index is 605. The molecule has 2 aromatic heterocycles. The summed E-state index contributed by atoms with van der Waals surface area (Å²) < 4.78 is 0. The minimum absolute atomic E-state index is 0.119. The number of halogens is 1. The summed E-state index contributed by atoms with van der Waals surface area (Å²) in [7, 11) is 0. The summed E-state index contributed by atoms with van der Waals surface area (Å²) in [6.07, 6.45) is 1.61. The average Bonchev–Trinajstić information content (AvgIpc) is 2.27. The molecule has 0 saturated carbocycles. The summed E-state index contributed by atoms with van der Waals surface area (Å²) in [5.74, 6) is -0.586. The largest absolute Gasteiger partial charge is 0.366 e. The Morgan fingerprint density at radius 2 is 1.78 bits per heavy atom. The molecule has 2 N–H and O–H groups in total. The zero-order chi connectivity index (χ0) is 13.3. The van der Waals surface area contributed by atoms with Crippen molar-refractivity contribution in [2.75, 3.05) is 0 Å². The number of nitrogens with zero attached hydrogens (tertiary/aromatic N) is 2. The van der Waals surface area contributed by atoms with Gasteiger partial charge < -0.3 is 5.73 Å². The third-order valence-electron chi connectivity index (χ3n) is 2.52. The number of carbonyl (C=O) groups is 1. The molecule has 0 aliphatic heterocycles. The number of aryl methyl sites for hydroxylation is 2. The molecule has 0 aliphatic rings. The standard InChI is InChI=1S/C13H12ClN3O/c1-7-3-9(4-8(2)17-7)10-5-11(13(15)18)12(14)16-6-10/h3-6H,1-2H3,(H2,15,18). The van der Waals surface area contributed by atoms with Crippen molar-refractivity contribution in [3.05, 3.63) is 46.5 Å². The lowest BCUT2D eigenvalue weighted by molar-refractivity contribution is 0.1000. The fraction of sp³-hybridized carbons (Fsp3) is 0.154. The van der Waals surface area contributed by atoms with E-state index in [2.05, 4.69) is 9.97 Å². The van der Waals surface area contributed by atoms with E-state index in [0.29, 0.717) is 0 Å². The first-order valence-electron chi connectivity index (χ1n) is 5.38. The number of nitrogens with two attached hydrogens (primary N) is 1. The van der Waals surface area contributed by atoms with Crippen LogP contribution in [0.4, 0.5) is 0 Å². The second kappa shape index (κ2) is 4.74. The molecule has 0 fully saturated rings. The van der Waals surface area contributed by atoms with E-state index in [1.165, 1.54) is 0 Å². The van der Waals surface area contributed by atoms with Gasteiger partial charge in [-0.3, -0.25) is 9.78 Å². The fourth-order valence-electron chi connectivity index (χ4n) is 1.78. The highest BCUT2D eigenvalue weighted by atomic mass is 35.5. The van der Waals surface area contributed by atoms with Crippen molar-refractivity contribution in [1.82, 2.24) is 9.97 Å². The van der Waals surface area contributed by atoms with E-state index in [1.54, 1.807) is 12.3 Å². The number of amides is 1. The van der Waals surface area contributed by atoms with Crippen LogP contribution in [0, 0.1) is 13.8 Å². The molecule has 92 valence electrons. The Labute approximate surface area is 110 Å². The second-order valence-electron chi connectivity index (χ2n) is 4.07. The molecule has 0 aromatic carbocycles. The van der Waals surface area contributed by atoms with Gasteiger partial charge in [-0.15, -0.1) is 0 Å². The lowest BCUT2D eigenvalue weighted by Crippen LogP contribution is -2.12. The highest BCUT2D eigenvalue weighted by molar-refractivity contribution is 6.32. The van der Waals surface area contributed by atoms with Crippen molar-refractivity contribution < 1.29 is 4.79 Å².